The Kier molecular flexibility index (Phi) is 4.99. The van der Waals surface area contributed by atoms with Crippen molar-refractivity contribution in [1.29, 1.82) is 0 Å². The molecule has 2 nitrogen and oxygen atoms in total. The molecule has 1 aromatic rings. The van der Waals surface area contributed by atoms with E-state index in [4.69, 9.17) is 0 Å². The first-order valence-electron chi connectivity index (χ1n) is 3.14. The summed E-state index contributed by atoms with van der Waals surface area (Å²) in [7, 11) is -3.86. The van der Waals surface area contributed by atoms with Crippen LogP contribution in [0.5, 0.6) is 0 Å². The Balaban J connectivity index is 0.00000144. The molecule has 0 saturated heterocycles. The summed E-state index contributed by atoms with van der Waals surface area (Å²) in [6.45, 7) is 1.50. The third-order valence-corrected chi connectivity index (χ3v) is 2.93. The molecule has 0 fully saturated rings. The molecule has 1 aromatic carbocycles. The molecule has 1 atom stereocenters. The molecule has 0 amide bonds. The van der Waals surface area contributed by atoms with Crippen LogP contribution in [0.15, 0.2) is 23.1 Å². The van der Waals surface area contributed by atoms with Gasteiger partial charge in [0.15, 0.2) is 0 Å². The average Bonchev–Trinajstić information content (AvgIpc) is 1.82. The van der Waals surface area contributed by atoms with Gasteiger partial charge in [-0.3, -0.25) is 4.21 Å². The van der Waals surface area contributed by atoms with Gasteiger partial charge in [-0.1, -0.05) is 12.1 Å². The predicted octanol–water partition coefficient (Wildman–Crippen LogP) is -1.63. The van der Waals surface area contributed by atoms with Crippen molar-refractivity contribution >= 4 is 20.0 Å². The molecule has 6 heteroatoms. The zero-order valence-electron chi connectivity index (χ0n) is 7.24. The van der Waals surface area contributed by atoms with Gasteiger partial charge in [0.1, 0.15) is 5.82 Å². The van der Waals surface area contributed by atoms with Crippen LogP contribution in [-0.2, 0) is 20.0 Å². The summed E-state index contributed by atoms with van der Waals surface area (Å²) >= 11 is 4.16. The topological polar surface area (TPSA) is 40.1 Å². The fraction of sp³-hybridized carbons (Fsp3) is 0.143. The summed E-state index contributed by atoms with van der Waals surface area (Å²) in [6.07, 6.45) is 0. The first-order valence-corrected chi connectivity index (χ1v) is 5.55. The van der Waals surface area contributed by atoms with Crippen LogP contribution < -0.4 is 29.6 Å². The largest absolute Gasteiger partial charge is 1.00 e. The minimum absolute atomic E-state index is 0. The van der Waals surface area contributed by atoms with Crippen molar-refractivity contribution in [3.63, 3.8) is 0 Å². The molecule has 66 valence electrons. The van der Waals surface area contributed by atoms with E-state index in [2.05, 4.69) is 11.2 Å². The number of hydrogen-bond acceptors (Lipinski definition) is 3. The SMILES string of the molecule is Cc1cccc(F)c1S(=O)([O-])=S.[Na+]. The maximum absolute atomic E-state index is 12.9. The van der Waals surface area contributed by atoms with Crippen LogP contribution in [-0.4, -0.2) is 8.76 Å². The number of benzene rings is 1. The number of hydrogen-bond donors (Lipinski definition) is 0. The van der Waals surface area contributed by atoms with Gasteiger partial charge in [-0.25, -0.2) is 4.39 Å². The molecule has 0 bridgehead atoms. The van der Waals surface area contributed by atoms with E-state index in [0.29, 0.717) is 5.56 Å². The van der Waals surface area contributed by atoms with Crippen LogP contribution in [0.25, 0.3) is 0 Å². The third kappa shape index (κ3) is 3.27. The van der Waals surface area contributed by atoms with E-state index < -0.39 is 14.6 Å². The number of rotatable bonds is 1. The molecular formula is C7H6FNaO2S2. The fourth-order valence-corrected chi connectivity index (χ4v) is 2.34. The molecule has 0 aromatic heterocycles. The Morgan fingerprint density at radius 1 is 1.54 bits per heavy atom. The zero-order chi connectivity index (χ0) is 9.35. The van der Waals surface area contributed by atoms with Crippen molar-refractivity contribution in [3.8, 4) is 0 Å². The van der Waals surface area contributed by atoms with Crippen LogP contribution in [0, 0.1) is 12.7 Å². The molecule has 1 unspecified atom stereocenters. The summed E-state index contributed by atoms with van der Waals surface area (Å²) in [4.78, 5) is -0.389. The summed E-state index contributed by atoms with van der Waals surface area (Å²) in [5.41, 5.74) is 0.338. The van der Waals surface area contributed by atoms with E-state index in [1.54, 1.807) is 0 Å². The van der Waals surface area contributed by atoms with Gasteiger partial charge in [0.2, 0.25) is 0 Å². The van der Waals surface area contributed by atoms with Crippen molar-refractivity contribution in [2.24, 2.45) is 0 Å². The summed E-state index contributed by atoms with van der Waals surface area (Å²) in [6, 6.07) is 4.02. The Morgan fingerprint density at radius 3 is 2.38 bits per heavy atom. The molecule has 0 spiro atoms. The third-order valence-electron chi connectivity index (χ3n) is 1.41. The molecule has 0 N–H and O–H groups in total. The van der Waals surface area contributed by atoms with Gasteiger partial charge in [-0.15, -0.1) is 0 Å². The Morgan fingerprint density at radius 2 is 2.08 bits per heavy atom. The Labute approximate surface area is 103 Å². The zero-order valence-corrected chi connectivity index (χ0v) is 10.9. The first kappa shape index (κ1) is 13.5. The van der Waals surface area contributed by atoms with Crippen molar-refractivity contribution in [2.75, 3.05) is 0 Å². The van der Waals surface area contributed by atoms with Crippen LogP contribution in [0.4, 0.5) is 4.39 Å². The van der Waals surface area contributed by atoms with Crippen molar-refractivity contribution in [2.45, 2.75) is 11.8 Å². The second-order valence-corrected chi connectivity index (χ2v) is 4.97. The monoisotopic (exact) mass is 228 g/mol. The first-order chi connectivity index (χ1) is 5.43. The molecule has 0 saturated carbocycles. The van der Waals surface area contributed by atoms with E-state index in [1.165, 1.54) is 19.1 Å². The fourth-order valence-electron chi connectivity index (χ4n) is 0.933. The van der Waals surface area contributed by atoms with Gasteiger partial charge in [-0.05, 0) is 38.5 Å². The van der Waals surface area contributed by atoms with Crippen molar-refractivity contribution < 1.29 is 42.7 Å². The standard InChI is InChI=1S/C7H7FO2S2.Na/c1-5-3-2-4-6(8)7(5)12(9,10)11;/h2-4H,1H3,(H,9,10,11);/q;+1/p-1. The predicted molar refractivity (Wildman–Crippen MR) is 45.7 cm³/mol. The van der Waals surface area contributed by atoms with E-state index in [0.717, 1.165) is 6.07 Å². The Hall–Kier alpha value is 0.480. The molecule has 13 heavy (non-hydrogen) atoms. The van der Waals surface area contributed by atoms with E-state index in [1.807, 2.05) is 0 Å². The van der Waals surface area contributed by atoms with Gasteiger partial charge in [0, 0.05) is 0 Å². The average molecular weight is 228 g/mol. The smallest absolute Gasteiger partial charge is 0.766 e. The maximum Gasteiger partial charge on any atom is 1.00 e. The van der Waals surface area contributed by atoms with Gasteiger partial charge in [-0.2, -0.15) is 0 Å². The van der Waals surface area contributed by atoms with Gasteiger partial charge >= 0.3 is 29.6 Å². The maximum atomic E-state index is 12.9. The summed E-state index contributed by atoms with van der Waals surface area (Å²) in [5.74, 6) is -0.787. The van der Waals surface area contributed by atoms with Crippen LogP contribution >= 0.6 is 0 Å². The van der Waals surface area contributed by atoms with E-state index >= 15 is 0 Å². The number of aryl methyl sites for hydroxylation is 1. The number of halogens is 1. The van der Waals surface area contributed by atoms with E-state index in [-0.39, 0.29) is 34.5 Å². The molecule has 0 aliphatic heterocycles. The normalized spacial score (nSPS) is 14.4. The van der Waals surface area contributed by atoms with Crippen LogP contribution in [0.3, 0.4) is 0 Å². The molecule has 0 aliphatic carbocycles. The molecule has 1 rings (SSSR count). The Bertz CT molecular complexity index is 383. The molecule has 0 aliphatic rings. The summed E-state index contributed by atoms with van der Waals surface area (Å²) < 4.78 is 34.6. The molecule has 0 radical (unpaired) electrons. The van der Waals surface area contributed by atoms with Crippen molar-refractivity contribution in [3.05, 3.63) is 29.6 Å². The van der Waals surface area contributed by atoms with E-state index in [9.17, 15) is 13.2 Å². The molecular weight excluding hydrogens is 222 g/mol. The van der Waals surface area contributed by atoms with Gasteiger partial charge < -0.3 is 4.55 Å². The van der Waals surface area contributed by atoms with Crippen molar-refractivity contribution in [1.82, 2.24) is 0 Å². The second-order valence-electron chi connectivity index (χ2n) is 2.34. The quantitative estimate of drug-likeness (QED) is 0.542. The minimum Gasteiger partial charge on any atom is -0.766 e. The van der Waals surface area contributed by atoms with Crippen LogP contribution in [0.2, 0.25) is 0 Å². The van der Waals surface area contributed by atoms with Crippen LogP contribution in [0.1, 0.15) is 5.56 Å². The molecule has 0 heterocycles. The summed E-state index contributed by atoms with van der Waals surface area (Å²) in [5, 5.41) is 0. The van der Waals surface area contributed by atoms with Gasteiger partial charge in [0.05, 0.1) is 4.90 Å². The second kappa shape index (κ2) is 4.82. The minimum atomic E-state index is -3.86. The van der Waals surface area contributed by atoms with Gasteiger partial charge in [0.25, 0.3) is 0 Å².